The fourth-order valence-electron chi connectivity index (χ4n) is 2.20. The molecule has 1 aliphatic rings. The summed E-state index contributed by atoms with van der Waals surface area (Å²) in [5.41, 5.74) is 2.27. The molecule has 0 fully saturated rings. The summed E-state index contributed by atoms with van der Waals surface area (Å²) >= 11 is 0. The van der Waals surface area contributed by atoms with Gasteiger partial charge in [-0.15, -0.1) is 0 Å². The quantitative estimate of drug-likeness (QED) is 0.923. The minimum atomic E-state index is 0.587. The van der Waals surface area contributed by atoms with Crippen molar-refractivity contribution in [2.75, 3.05) is 13.1 Å². The van der Waals surface area contributed by atoms with E-state index in [2.05, 4.69) is 28.5 Å². The topological polar surface area (TPSA) is 33.6 Å². The number of ether oxygens (including phenoxy) is 1. The molecule has 2 aromatic carbocycles. The molecule has 3 nitrogen and oxygen atoms in total. The van der Waals surface area contributed by atoms with Gasteiger partial charge in [0.2, 0.25) is 0 Å². The van der Waals surface area contributed by atoms with Crippen LogP contribution < -0.4 is 10.1 Å². The Kier molecular flexibility index (Phi) is 3.97. The van der Waals surface area contributed by atoms with Gasteiger partial charge in [0.1, 0.15) is 18.2 Å². The molecule has 0 radical (unpaired) electrons. The van der Waals surface area contributed by atoms with Crippen molar-refractivity contribution < 1.29 is 4.74 Å². The van der Waals surface area contributed by atoms with Crippen molar-refractivity contribution in [3.8, 4) is 5.75 Å². The van der Waals surface area contributed by atoms with Crippen molar-refractivity contribution in [2.24, 2.45) is 4.99 Å². The first kappa shape index (κ1) is 12.7. The molecule has 0 atom stereocenters. The van der Waals surface area contributed by atoms with Crippen molar-refractivity contribution in [1.82, 2.24) is 5.32 Å². The van der Waals surface area contributed by atoms with Gasteiger partial charge in [-0.3, -0.25) is 4.99 Å². The molecule has 0 saturated heterocycles. The van der Waals surface area contributed by atoms with Gasteiger partial charge < -0.3 is 10.1 Å². The van der Waals surface area contributed by atoms with E-state index >= 15 is 0 Å². The summed E-state index contributed by atoms with van der Waals surface area (Å²) < 4.78 is 5.84. The van der Waals surface area contributed by atoms with Crippen LogP contribution in [0.5, 0.6) is 5.75 Å². The van der Waals surface area contributed by atoms with Crippen LogP contribution in [-0.2, 0) is 6.61 Å². The van der Waals surface area contributed by atoms with E-state index in [4.69, 9.17) is 4.74 Å². The molecule has 0 bridgehead atoms. The number of nitrogens with one attached hydrogen (secondary N) is 1. The van der Waals surface area contributed by atoms with Gasteiger partial charge in [-0.05, 0) is 24.1 Å². The molecule has 0 unspecified atom stereocenters. The lowest BCUT2D eigenvalue weighted by Gasteiger charge is -2.15. The van der Waals surface area contributed by atoms with E-state index in [-0.39, 0.29) is 0 Å². The predicted molar refractivity (Wildman–Crippen MR) is 81.2 cm³/mol. The zero-order chi connectivity index (χ0) is 13.6. The number of hydrogen-bond acceptors (Lipinski definition) is 3. The molecule has 0 spiro atoms. The third-order valence-corrected chi connectivity index (χ3v) is 3.25. The Bertz CT molecular complexity index is 593. The van der Waals surface area contributed by atoms with Crippen molar-refractivity contribution in [1.29, 1.82) is 0 Å². The summed E-state index contributed by atoms with van der Waals surface area (Å²) in [6.07, 6.45) is 1.10. The second-order valence-electron chi connectivity index (χ2n) is 4.81. The highest BCUT2D eigenvalue weighted by atomic mass is 16.5. The average molecular weight is 266 g/mol. The molecule has 0 saturated carbocycles. The lowest BCUT2D eigenvalue weighted by atomic mass is 10.1. The van der Waals surface area contributed by atoms with Crippen LogP contribution in [-0.4, -0.2) is 18.9 Å². The van der Waals surface area contributed by atoms with Crippen molar-refractivity contribution in [2.45, 2.75) is 13.0 Å². The maximum atomic E-state index is 5.84. The van der Waals surface area contributed by atoms with E-state index in [0.717, 1.165) is 36.7 Å². The third-order valence-electron chi connectivity index (χ3n) is 3.25. The van der Waals surface area contributed by atoms with Crippen molar-refractivity contribution in [3.63, 3.8) is 0 Å². The second kappa shape index (κ2) is 6.24. The SMILES string of the molecule is c1ccc(COc2cccc(C3=NCCCN3)c2)cc1. The fourth-order valence-corrected chi connectivity index (χ4v) is 2.20. The Balaban J connectivity index is 1.70. The zero-order valence-electron chi connectivity index (χ0n) is 11.4. The molecule has 1 aliphatic heterocycles. The van der Waals surface area contributed by atoms with E-state index < -0.39 is 0 Å². The number of nitrogens with zero attached hydrogens (tertiary/aromatic N) is 1. The molecular formula is C17H18N2O. The Morgan fingerprint density at radius 3 is 2.75 bits per heavy atom. The van der Waals surface area contributed by atoms with Gasteiger partial charge in [-0.1, -0.05) is 42.5 Å². The van der Waals surface area contributed by atoms with E-state index in [1.165, 1.54) is 5.56 Å². The minimum absolute atomic E-state index is 0.587. The normalized spacial score (nSPS) is 14.3. The number of aliphatic imine (C=N–C) groups is 1. The number of hydrogen-bond donors (Lipinski definition) is 1. The molecule has 0 amide bonds. The summed E-state index contributed by atoms with van der Waals surface area (Å²) in [6.45, 7) is 2.48. The third kappa shape index (κ3) is 3.18. The van der Waals surface area contributed by atoms with Gasteiger partial charge >= 0.3 is 0 Å². The first-order valence-electron chi connectivity index (χ1n) is 6.97. The van der Waals surface area contributed by atoms with Crippen LogP contribution in [0.15, 0.2) is 59.6 Å². The molecular weight excluding hydrogens is 248 g/mol. The van der Waals surface area contributed by atoms with Crippen LogP contribution in [0.3, 0.4) is 0 Å². The van der Waals surface area contributed by atoms with E-state index in [0.29, 0.717) is 6.61 Å². The molecule has 3 rings (SSSR count). The number of rotatable bonds is 4. The predicted octanol–water partition coefficient (Wildman–Crippen LogP) is 3.01. The smallest absolute Gasteiger partial charge is 0.128 e. The van der Waals surface area contributed by atoms with Gasteiger partial charge in [0, 0.05) is 18.7 Å². The molecule has 102 valence electrons. The van der Waals surface area contributed by atoms with Crippen LogP contribution in [0.2, 0.25) is 0 Å². The van der Waals surface area contributed by atoms with Gasteiger partial charge in [0.25, 0.3) is 0 Å². The van der Waals surface area contributed by atoms with Crippen molar-refractivity contribution >= 4 is 5.84 Å². The molecule has 2 aromatic rings. The fraction of sp³-hybridized carbons (Fsp3) is 0.235. The lowest BCUT2D eigenvalue weighted by Crippen LogP contribution is -2.30. The standard InChI is InChI=1S/C17H18N2O/c1-2-6-14(7-3-1)13-20-16-9-4-8-15(12-16)17-18-10-5-11-19-17/h1-4,6-9,12H,5,10-11,13H2,(H,18,19). The highest BCUT2D eigenvalue weighted by Crippen LogP contribution is 2.16. The first-order valence-corrected chi connectivity index (χ1v) is 6.97. The van der Waals surface area contributed by atoms with Crippen molar-refractivity contribution in [3.05, 3.63) is 65.7 Å². The average Bonchev–Trinajstić information content (AvgIpc) is 2.55. The monoisotopic (exact) mass is 266 g/mol. The molecule has 1 heterocycles. The Hall–Kier alpha value is -2.29. The largest absolute Gasteiger partial charge is 0.489 e. The second-order valence-corrected chi connectivity index (χ2v) is 4.81. The maximum Gasteiger partial charge on any atom is 0.128 e. The van der Waals surface area contributed by atoms with Gasteiger partial charge in [-0.25, -0.2) is 0 Å². The highest BCUT2D eigenvalue weighted by molar-refractivity contribution is 5.99. The Labute approximate surface area is 119 Å². The van der Waals surface area contributed by atoms with Crippen LogP contribution >= 0.6 is 0 Å². The highest BCUT2D eigenvalue weighted by Gasteiger charge is 2.07. The lowest BCUT2D eigenvalue weighted by molar-refractivity contribution is 0.306. The Morgan fingerprint density at radius 2 is 1.95 bits per heavy atom. The molecule has 0 aliphatic carbocycles. The van der Waals surface area contributed by atoms with Gasteiger partial charge in [-0.2, -0.15) is 0 Å². The van der Waals surface area contributed by atoms with Gasteiger partial charge in [0.15, 0.2) is 0 Å². The minimum Gasteiger partial charge on any atom is -0.489 e. The van der Waals surface area contributed by atoms with E-state index in [1.807, 2.05) is 36.4 Å². The summed E-state index contributed by atoms with van der Waals surface area (Å²) in [5, 5.41) is 3.33. The van der Waals surface area contributed by atoms with E-state index in [1.54, 1.807) is 0 Å². The number of benzene rings is 2. The summed E-state index contributed by atoms with van der Waals surface area (Å²) in [4.78, 5) is 4.51. The Morgan fingerprint density at radius 1 is 1.05 bits per heavy atom. The van der Waals surface area contributed by atoms with Crippen LogP contribution in [0.4, 0.5) is 0 Å². The van der Waals surface area contributed by atoms with Gasteiger partial charge in [0.05, 0.1) is 0 Å². The molecule has 3 heteroatoms. The summed E-state index contributed by atoms with van der Waals surface area (Å²) in [5.74, 6) is 1.85. The maximum absolute atomic E-state index is 5.84. The van der Waals surface area contributed by atoms with Crippen LogP contribution in [0, 0.1) is 0 Å². The molecule has 1 N–H and O–H groups in total. The summed E-state index contributed by atoms with van der Waals surface area (Å²) in [6, 6.07) is 18.3. The summed E-state index contributed by atoms with van der Waals surface area (Å²) in [7, 11) is 0. The zero-order valence-corrected chi connectivity index (χ0v) is 11.4. The van der Waals surface area contributed by atoms with E-state index in [9.17, 15) is 0 Å². The molecule has 20 heavy (non-hydrogen) atoms. The van der Waals surface area contributed by atoms with Crippen LogP contribution in [0.1, 0.15) is 17.5 Å². The first-order chi connectivity index (χ1) is 9.92. The molecule has 0 aromatic heterocycles. The number of amidine groups is 1. The van der Waals surface area contributed by atoms with Crippen LogP contribution in [0.25, 0.3) is 0 Å².